The molecule has 2 aromatic heterocycles. The Labute approximate surface area is 280 Å². The third kappa shape index (κ3) is 6.43. The average molecular weight is 691 g/mol. The minimum absolute atomic E-state index is 0.0213. The molecule has 1 saturated heterocycles. The summed E-state index contributed by atoms with van der Waals surface area (Å²) < 4.78 is 53.7. The van der Waals surface area contributed by atoms with Crippen LogP contribution in [0.25, 0.3) is 11.4 Å². The Morgan fingerprint density at radius 3 is 2.48 bits per heavy atom. The quantitative estimate of drug-likeness (QED) is 0.348. The molecular weight excluding hydrogens is 653 g/mol. The number of aromatic nitrogens is 4. The van der Waals surface area contributed by atoms with Crippen molar-refractivity contribution in [2.75, 3.05) is 31.6 Å². The molecule has 6 rings (SSSR count). The summed E-state index contributed by atoms with van der Waals surface area (Å²) in [5.74, 6) is -0.0113. The first-order valence-electron chi connectivity index (χ1n) is 16.1. The SMILES string of the molecule is CC(C(=O)Nc1ccc(C(F)(F)F)cc1Cl)n1c2c(c(=O)n3nc(C4=CCOCC4)nc13)C1(CCC2)CCN(C(=O)OC(C)(C)C)CC1. The van der Waals surface area contributed by atoms with Crippen molar-refractivity contribution in [3.05, 3.63) is 62.3 Å². The van der Waals surface area contributed by atoms with Crippen LogP contribution in [0.4, 0.5) is 23.7 Å². The first-order chi connectivity index (χ1) is 22.6. The Kier molecular flexibility index (Phi) is 8.86. The van der Waals surface area contributed by atoms with Gasteiger partial charge in [-0.2, -0.15) is 22.7 Å². The van der Waals surface area contributed by atoms with Gasteiger partial charge in [0.15, 0.2) is 5.82 Å². The Bertz CT molecular complexity index is 1850. The number of carbonyl (C=O) groups excluding carboxylic acids is 2. The van der Waals surface area contributed by atoms with Crippen LogP contribution < -0.4 is 10.9 Å². The molecule has 2 aliphatic heterocycles. The molecule has 1 unspecified atom stereocenters. The summed E-state index contributed by atoms with van der Waals surface area (Å²) >= 11 is 6.17. The fraction of sp³-hybridized carbons (Fsp3) is 0.545. The monoisotopic (exact) mass is 690 g/mol. The molecule has 3 aromatic rings. The molecule has 1 spiro atoms. The second-order valence-corrected chi connectivity index (χ2v) is 14.1. The minimum Gasteiger partial charge on any atom is -0.444 e. The molecule has 0 radical (unpaired) electrons. The predicted molar refractivity (Wildman–Crippen MR) is 172 cm³/mol. The highest BCUT2D eigenvalue weighted by atomic mass is 35.5. The molecular formula is C33H38ClF3N6O5. The summed E-state index contributed by atoms with van der Waals surface area (Å²) in [7, 11) is 0. The maximum atomic E-state index is 14.4. The zero-order valence-corrected chi connectivity index (χ0v) is 28.0. The number of halogens is 4. The fourth-order valence-electron chi connectivity index (χ4n) is 6.93. The van der Waals surface area contributed by atoms with Gasteiger partial charge in [-0.25, -0.2) is 4.79 Å². The third-order valence-electron chi connectivity index (χ3n) is 9.33. The Balaban J connectivity index is 1.42. The summed E-state index contributed by atoms with van der Waals surface area (Å²) in [4.78, 5) is 47.6. The number of piperidine rings is 1. The van der Waals surface area contributed by atoms with Gasteiger partial charge in [-0.1, -0.05) is 17.7 Å². The highest BCUT2D eigenvalue weighted by Crippen LogP contribution is 2.44. The van der Waals surface area contributed by atoms with E-state index in [9.17, 15) is 27.6 Å². The first-order valence-corrected chi connectivity index (χ1v) is 16.4. The maximum absolute atomic E-state index is 14.4. The van der Waals surface area contributed by atoms with E-state index in [-0.39, 0.29) is 22.0 Å². The molecule has 258 valence electrons. The van der Waals surface area contributed by atoms with Crippen LogP contribution in [0, 0.1) is 0 Å². The summed E-state index contributed by atoms with van der Waals surface area (Å²) in [5, 5.41) is 7.05. The largest absolute Gasteiger partial charge is 0.444 e. The van der Waals surface area contributed by atoms with E-state index in [4.69, 9.17) is 26.1 Å². The first kappa shape index (κ1) is 34.0. The van der Waals surface area contributed by atoms with E-state index in [1.54, 1.807) is 16.4 Å². The molecule has 48 heavy (non-hydrogen) atoms. The van der Waals surface area contributed by atoms with Crippen molar-refractivity contribution in [3.8, 4) is 0 Å². The fourth-order valence-corrected chi connectivity index (χ4v) is 7.16. The molecule has 1 fully saturated rings. The lowest BCUT2D eigenvalue weighted by Gasteiger charge is -2.45. The van der Waals surface area contributed by atoms with Crippen LogP contribution in [0.15, 0.2) is 29.1 Å². The number of rotatable bonds is 4. The summed E-state index contributed by atoms with van der Waals surface area (Å²) in [5.41, 5.74) is -0.413. The van der Waals surface area contributed by atoms with Crippen molar-refractivity contribution in [3.63, 3.8) is 0 Å². The lowest BCUT2D eigenvalue weighted by atomic mass is 9.66. The number of nitrogens with one attached hydrogen (secondary N) is 1. The van der Waals surface area contributed by atoms with Gasteiger partial charge in [0.05, 0.1) is 29.5 Å². The molecule has 1 atom stereocenters. The normalized spacial score (nSPS) is 18.8. The number of alkyl halides is 3. The molecule has 3 aliphatic rings. The standard InChI is InChI=1S/C33H38ClF3N6O5/c1-19(27(44)38-23-8-7-21(18-22(23)34)33(35,36)37)42-24-6-5-11-32(12-14-41(15-13-32)30(46)48-31(2,3)4)25(24)28(45)43-29(42)39-26(40-43)20-9-16-47-17-10-20/h7-9,18-19H,5-6,10-17H2,1-4H3,(H,38,44). The van der Waals surface area contributed by atoms with Gasteiger partial charge in [0.25, 0.3) is 5.56 Å². The summed E-state index contributed by atoms with van der Waals surface area (Å²) in [6.07, 6.45) is 0.407. The molecule has 0 bridgehead atoms. The van der Waals surface area contributed by atoms with Gasteiger partial charge in [0, 0.05) is 29.8 Å². The Morgan fingerprint density at radius 2 is 1.85 bits per heavy atom. The van der Waals surface area contributed by atoms with E-state index in [0.29, 0.717) is 75.5 Å². The van der Waals surface area contributed by atoms with Crippen LogP contribution in [0.2, 0.25) is 5.02 Å². The minimum atomic E-state index is -4.59. The summed E-state index contributed by atoms with van der Waals surface area (Å²) in [6.45, 7) is 8.73. The zero-order valence-electron chi connectivity index (χ0n) is 27.2. The van der Waals surface area contributed by atoms with Gasteiger partial charge in [-0.3, -0.25) is 9.59 Å². The van der Waals surface area contributed by atoms with Crippen molar-refractivity contribution < 1.29 is 32.2 Å². The van der Waals surface area contributed by atoms with Gasteiger partial charge in [-0.05, 0) is 90.0 Å². The zero-order chi connectivity index (χ0) is 34.6. The molecule has 1 N–H and O–H groups in total. The average Bonchev–Trinajstić information content (AvgIpc) is 3.47. The number of hydrogen-bond donors (Lipinski definition) is 1. The molecule has 0 saturated carbocycles. The van der Waals surface area contributed by atoms with E-state index in [2.05, 4.69) is 10.4 Å². The highest BCUT2D eigenvalue weighted by Gasteiger charge is 2.45. The lowest BCUT2D eigenvalue weighted by molar-refractivity contribution is -0.137. The van der Waals surface area contributed by atoms with Crippen molar-refractivity contribution in [2.45, 2.75) is 89.5 Å². The Hall–Kier alpha value is -3.91. The second kappa shape index (κ2) is 12.5. The van der Waals surface area contributed by atoms with Crippen LogP contribution in [-0.2, 0) is 32.3 Å². The molecule has 2 amide bonds. The van der Waals surface area contributed by atoms with E-state index >= 15 is 0 Å². The molecule has 15 heteroatoms. The van der Waals surface area contributed by atoms with E-state index < -0.39 is 40.8 Å². The van der Waals surface area contributed by atoms with E-state index in [0.717, 1.165) is 30.2 Å². The smallest absolute Gasteiger partial charge is 0.416 e. The van der Waals surface area contributed by atoms with Crippen molar-refractivity contribution in [1.29, 1.82) is 0 Å². The number of carbonyl (C=O) groups is 2. The van der Waals surface area contributed by atoms with Gasteiger partial charge in [0.2, 0.25) is 11.7 Å². The number of benzene rings is 1. The molecule has 1 aliphatic carbocycles. The van der Waals surface area contributed by atoms with Crippen LogP contribution in [-0.4, -0.2) is 68.0 Å². The number of anilines is 1. The van der Waals surface area contributed by atoms with Gasteiger partial charge < -0.3 is 24.3 Å². The van der Waals surface area contributed by atoms with Crippen LogP contribution in [0.1, 0.15) is 88.5 Å². The van der Waals surface area contributed by atoms with Crippen LogP contribution in [0.3, 0.4) is 0 Å². The van der Waals surface area contributed by atoms with E-state index in [1.165, 1.54) is 4.52 Å². The number of ether oxygens (including phenoxy) is 2. The third-order valence-corrected chi connectivity index (χ3v) is 9.65. The van der Waals surface area contributed by atoms with Gasteiger partial charge in [0.1, 0.15) is 11.6 Å². The van der Waals surface area contributed by atoms with Gasteiger partial charge >= 0.3 is 12.3 Å². The predicted octanol–water partition coefficient (Wildman–Crippen LogP) is 6.17. The number of hydrogen-bond acceptors (Lipinski definition) is 7. The summed E-state index contributed by atoms with van der Waals surface area (Å²) in [6, 6.07) is 1.77. The number of nitrogens with zero attached hydrogens (tertiary/aromatic N) is 5. The van der Waals surface area contributed by atoms with Crippen LogP contribution in [0.5, 0.6) is 0 Å². The van der Waals surface area contributed by atoms with Gasteiger partial charge in [-0.15, -0.1) is 5.10 Å². The van der Waals surface area contributed by atoms with E-state index in [1.807, 2.05) is 26.8 Å². The van der Waals surface area contributed by atoms with Crippen LogP contribution >= 0.6 is 11.6 Å². The topological polar surface area (TPSA) is 120 Å². The Morgan fingerprint density at radius 1 is 1.12 bits per heavy atom. The van der Waals surface area contributed by atoms with Crippen molar-refractivity contribution in [2.24, 2.45) is 0 Å². The molecule has 11 nitrogen and oxygen atoms in total. The number of fused-ring (bicyclic) bond motifs is 3. The molecule has 1 aromatic carbocycles. The highest BCUT2D eigenvalue weighted by molar-refractivity contribution is 6.33. The number of likely N-dealkylation sites (tertiary alicyclic amines) is 1. The van der Waals surface area contributed by atoms with Crippen molar-refractivity contribution in [1.82, 2.24) is 24.1 Å². The second-order valence-electron chi connectivity index (χ2n) is 13.7. The maximum Gasteiger partial charge on any atom is 0.416 e. The van der Waals surface area contributed by atoms with Crippen molar-refractivity contribution >= 4 is 40.6 Å². The molecule has 4 heterocycles. The number of amides is 2. The lowest BCUT2D eigenvalue weighted by Crippen LogP contribution is -2.51.